The van der Waals surface area contributed by atoms with Crippen molar-refractivity contribution in [2.75, 3.05) is 18.2 Å². The van der Waals surface area contributed by atoms with Gasteiger partial charge in [0.1, 0.15) is 0 Å². The Kier molecular flexibility index (Phi) is 5.93. The summed E-state index contributed by atoms with van der Waals surface area (Å²) in [5, 5.41) is 2.63. The summed E-state index contributed by atoms with van der Waals surface area (Å²) in [5.74, 6) is -1.36. The molecule has 0 atom stereocenters. The molecule has 1 amide bonds. The first kappa shape index (κ1) is 18.7. The van der Waals surface area contributed by atoms with E-state index in [-0.39, 0.29) is 10.5 Å². The normalized spacial score (nSPS) is 11.0. The lowest BCUT2D eigenvalue weighted by atomic mass is 10.1. The number of anilines is 1. The zero-order valence-electron chi connectivity index (χ0n) is 14.0. The first-order chi connectivity index (χ1) is 11.8. The summed E-state index contributed by atoms with van der Waals surface area (Å²) in [6, 6.07) is 13.0. The number of carbonyl (C=O) groups is 2. The maximum absolute atomic E-state index is 12.1. The number of carbonyl (C=O) groups excluding carboxylic acids is 2. The van der Waals surface area contributed by atoms with E-state index in [1.54, 1.807) is 6.07 Å². The van der Waals surface area contributed by atoms with E-state index in [0.717, 1.165) is 18.2 Å². The van der Waals surface area contributed by atoms with Crippen molar-refractivity contribution in [3.63, 3.8) is 0 Å². The molecule has 0 aliphatic heterocycles. The van der Waals surface area contributed by atoms with Crippen molar-refractivity contribution in [3.8, 4) is 0 Å². The molecule has 2 aromatic carbocycles. The van der Waals surface area contributed by atoms with E-state index in [9.17, 15) is 18.0 Å². The molecule has 0 aliphatic rings. The molecule has 0 saturated heterocycles. The van der Waals surface area contributed by atoms with Gasteiger partial charge in [-0.25, -0.2) is 13.2 Å². The molecule has 0 spiro atoms. The van der Waals surface area contributed by atoms with Crippen molar-refractivity contribution < 1.29 is 22.7 Å². The summed E-state index contributed by atoms with van der Waals surface area (Å²) in [7, 11) is -3.57. The van der Waals surface area contributed by atoms with Crippen molar-refractivity contribution in [1.82, 2.24) is 0 Å². The minimum atomic E-state index is -3.57. The lowest BCUT2D eigenvalue weighted by Gasteiger charge is -2.09. The topological polar surface area (TPSA) is 89.5 Å². The van der Waals surface area contributed by atoms with Crippen molar-refractivity contribution in [2.45, 2.75) is 18.2 Å². The van der Waals surface area contributed by atoms with Gasteiger partial charge in [0.25, 0.3) is 5.91 Å². The number of hydrogen-bond acceptors (Lipinski definition) is 5. The lowest BCUT2D eigenvalue weighted by Crippen LogP contribution is -2.21. The Bertz CT molecular complexity index is 890. The standard InChI is InChI=1S/C18H19NO5S/c1-3-13-7-6-8-14(11-13)19-17(20)12-24-18(21)15-9-4-5-10-16(15)25(2,22)23/h4-11H,3,12H2,1-2H3,(H,19,20). The smallest absolute Gasteiger partial charge is 0.339 e. The Hall–Kier alpha value is -2.67. The fraction of sp³-hybridized carbons (Fsp3) is 0.222. The molecule has 0 heterocycles. The SMILES string of the molecule is CCc1cccc(NC(=O)COC(=O)c2ccccc2S(C)(=O)=O)c1. The van der Waals surface area contributed by atoms with Crippen LogP contribution in [0.5, 0.6) is 0 Å². The summed E-state index contributed by atoms with van der Waals surface area (Å²) < 4.78 is 28.4. The highest BCUT2D eigenvalue weighted by molar-refractivity contribution is 7.90. The first-order valence-electron chi connectivity index (χ1n) is 7.66. The van der Waals surface area contributed by atoms with Crippen LogP contribution < -0.4 is 5.32 Å². The van der Waals surface area contributed by atoms with Crippen LogP contribution in [-0.4, -0.2) is 33.2 Å². The van der Waals surface area contributed by atoms with Crippen LogP contribution in [0.2, 0.25) is 0 Å². The number of rotatable bonds is 6. The molecule has 25 heavy (non-hydrogen) atoms. The van der Waals surface area contributed by atoms with E-state index >= 15 is 0 Å². The van der Waals surface area contributed by atoms with Gasteiger partial charge in [-0.3, -0.25) is 4.79 Å². The molecule has 2 aromatic rings. The largest absolute Gasteiger partial charge is 0.452 e. The van der Waals surface area contributed by atoms with Gasteiger partial charge >= 0.3 is 5.97 Å². The van der Waals surface area contributed by atoms with Crippen LogP contribution in [0.25, 0.3) is 0 Å². The second-order valence-electron chi connectivity index (χ2n) is 5.45. The van der Waals surface area contributed by atoms with Gasteiger partial charge in [-0.15, -0.1) is 0 Å². The third-order valence-corrected chi connectivity index (χ3v) is 4.61. The third kappa shape index (κ3) is 5.15. The Morgan fingerprint density at radius 2 is 1.80 bits per heavy atom. The van der Waals surface area contributed by atoms with Crippen LogP contribution >= 0.6 is 0 Å². The number of ether oxygens (including phenoxy) is 1. The Balaban J connectivity index is 2.02. The van der Waals surface area contributed by atoms with Gasteiger partial charge in [-0.05, 0) is 36.2 Å². The van der Waals surface area contributed by atoms with Gasteiger partial charge in [0.15, 0.2) is 16.4 Å². The van der Waals surface area contributed by atoms with Crippen LogP contribution in [0.1, 0.15) is 22.8 Å². The number of benzene rings is 2. The van der Waals surface area contributed by atoms with Gasteiger partial charge in [0.2, 0.25) is 0 Å². The molecule has 0 aliphatic carbocycles. The molecule has 132 valence electrons. The Morgan fingerprint density at radius 3 is 2.48 bits per heavy atom. The highest BCUT2D eigenvalue weighted by Crippen LogP contribution is 2.16. The van der Waals surface area contributed by atoms with Crippen LogP contribution in [0.15, 0.2) is 53.4 Å². The molecule has 0 saturated carbocycles. The zero-order chi connectivity index (χ0) is 18.4. The molecule has 0 fully saturated rings. The minimum Gasteiger partial charge on any atom is -0.452 e. The van der Waals surface area contributed by atoms with E-state index < -0.39 is 28.3 Å². The quantitative estimate of drug-likeness (QED) is 0.798. The van der Waals surface area contributed by atoms with Crippen molar-refractivity contribution >= 4 is 27.4 Å². The molecule has 7 heteroatoms. The second kappa shape index (κ2) is 7.94. The molecular formula is C18H19NO5S. The molecule has 0 unspecified atom stereocenters. The number of sulfone groups is 1. The second-order valence-corrected chi connectivity index (χ2v) is 7.43. The van der Waals surface area contributed by atoms with Crippen LogP contribution in [0.3, 0.4) is 0 Å². The van der Waals surface area contributed by atoms with E-state index in [0.29, 0.717) is 5.69 Å². The van der Waals surface area contributed by atoms with Crippen LogP contribution in [0.4, 0.5) is 5.69 Å². The van der Waals surface area contributed by atoms with Gasteiger partial charge in [-0.2, -0.15) is 0 Å². The first-order valence-corrected chi connectivity index (χ1v) is 9.55. The Labute approximate surface area is 146 Å². The highest BCUT2D eigenvalue weighted by Gasteiger charge is 2.20. The summed E-state index contributed by atoms with van der Waals surface area (Å²) in [6.45, 7) is 1.50. The molecule has 0 bridgehead atoms. The summed E-state index contributed by atoms with van der Waals surface area (Å²) in [6.07, 6.45) is 1.84. The van der Waals surface area contributed by atoms with E-state index in [1.807, 2.05) is 25.1 Å². The summed E-state index contributed by atoms with van der Waals surface area (Å²) in [5.41, 5.74) is 1.58. The predicted octanol–water partition coefficient (Wildman–Crippen LogP) is 2.45. The van der Waals surface area contributed by atoms with Crippen molar-refractivity contribution in [2.24, 2.45) is 0 Å². The number of aryl methyl sites for hydroxylation is 1. The van der Waals surface area contributed by atoms with Crippen molar-refractivity contribution in [3.05, 3.63) is 59.7 Å². The molecule has 6 nitrogen and oxygen atoms in total. The summed E-state index contributed by atoms with van der Waals surface area (Å²) in [4.78, 5) is 23.9. The van der Waals surface area contributed by atoms with Gasteiger partial charge < -0.3 is 10.1 Å². The lowest BCUT2D eigenvalue weighted by molar-refractivity contribution is -0.119. The molecule has 0 aromatic heterocycles. The molecule has 2 rings (SSSR count). The highest BCUT2D eigenvalue weighted by atomic mass is 32.2. The number of nitrogens with one attached hydrogen (secondary N) is 1. The fourth-order valence-corrected chi connectivity index (χ4v) is 3.11. The van der Waals surface area contributed by atoms with Crippen LogP contribution in [-0.2, 0) is 25.8 Å². The summed E-state index contributed by atoms with van der Waals surface area (Å²) >= 11 is 0. The zero-order valence-corrected chi connectivity index (χ0v) is 14.8. The molecule has 1 N–H and O–H groups in total. The maximum atomic E-state index is 12.1. The third-order valence-electron chi connectivity index (χ3n) is 3.46. The Morgan fingerprint density at radius 1 is 1.08 bits per heavy atom. The fourth-order valence-electron chi connectivity index (χ4n) is 2.23. The maximum Gasteiger partial charge on any atom is 0.339 e. The molecular weight excluding hydrogens is 342 g/mol. The average Bonchev–Trinajstić information content (AvgIpc) is 2.59. The minimum absolute atomic E-state index is 0.0919. The average molecular weight is 361 g/mol. The molecule has 0 radical (unpaired) electrons. The van der Waals surface area contributed by atoms with E-state index in [2.05, 4.69) is 5.32 Å². The van der Waals surface area contributed by atoms with E-state index in [1.165, 1.54) is 24.3 Å². The number of esters is 1. The number of hydrogen-bond donors (Lipinski definition) is 1. The van der Waals surface area contributed by atoms with Gasteiger partial charge in [0, 0.05) is 11.9 Å². The van der Waals surface area contributed by atoms with E-state index in [4.69, 9.17) is 4.74 Å². The predicted molar refractivity (Wildman–Crippen MR) is 94.3 cm³/mol. The number of amides is 1. The van der Waals surface area contributed by atoms with Gasteiger partial charge in [-0.1, -0.05) is 31.2 Å². The monoisotopic (exact) mass is 361 g/mol. The van der Waals surface area contributed by atoms with Crippen LogP contribution in [0, 0.1) is 0 Å². The van der Waals surface area contributed by atoms with Gasteiger partial charge in [0.05, 0.1) is 10.5 Å². The van der Waals surface area contributed by atoms with Crippen molar-refractivity contribution in [1.29, 1.82) is 0 Å².